The summed E-state index contributed by atoms with van der Waals surface area (Å²) in [4.78, 5) is 12.5. The van der Waals surface area contributed by atoms with Crippen LogP contribution in [0.1, 0.15) is 11.8 Å². The van der Waals surface area contributed by atoms with Crippen molar-refractivity contribution in [3.05, 3.63) is 40.6 Å². The summed E-state index contributed by atoms with van der Waals surface area (Å²) in [5, 5.41) is 4.89. The first-order valence-electron chi connectivity index (χ1n) is 6.35. The fourth-order valence-electron chi connectivity index (χ4n) is 1.74. The zero-order valence-corrected chi connectivity index (χ0v) is 13.6. The Bertz CT molecular complexity index is 582. The number of benzene rings is 1. The first-order chi connectivity index (χ1) is 9.60. The fraction of sp³-hybridized carbons (Fsp3) is 0.267. The van der Waals surface area contributed by atoms with E-state index in [9.17, 15) is 4.79 Å². The number of hydrogen-bond acceptors (Lipinski definition) is 4. The molecular formula is C15H19ClN2O2S. The number of hydrogen-bond donors (Lipinski definition) is 2. The van der Waals surface area contributed by atoms with Gasteiger partial charge < -0.3 is 15.8 Å². The SMILES string of the molecule is COc1ccc(-c2csc(CNC(=O)[C@H](C)N)c2)cc1.Cl. The number of ether oxygens (including phenoxy) is 1. The maximum Gasteiger partial charge on any atom is 0.236 e. The van der Waals surface area contributed by atoms with Crippen LogP contribution in [0.2, 0.25) is 0 Å². The lowest BCUT2D eigenvalue weighted by Crippen LogP contribution is -2.37. The van der Waals surface area contributed by atoms with Crippen LogP contribution in [-0.4, -0.2) is 19.1 Å². The number of nitrogens with two attached hydrogens (primary N) is 1. The summed E-state index contributed by atoms with van der Waals surface area (Å²) < 4.78 is 5.14. The van der Waals surface area contributed by atoms with Crippen molar-refractivity contribution in [3.63, 3.8) is 0 Å². The molecule has 1 atom stereocenters. The van der Waals surface area contributed by atoms with Gasteiger partial charge in [-0.2, -0.15) is 0 Å². The van der Waals surface area contributed by atoms with Crippen molar-refractivity contribution >= 4 is 29.7 Å². The zero-order chi connectivity index (χ0) is 14.5. The highest BCUT2D eigenvalue weighted by molar-refractivity contribution is 7.10. The molecule has 1 aromatic carbocycles. The van der Waals surface area contributed by atoms with Gasteiger partial charge in [0.1, 0.15) is 5.75 Å². The molecule has 3 N–H and O–H groups in total. The monoisotopic (exact) mass is 326 g/mol. The van der Waals surface area contributed by atoms with E-state index in [2.05, 4.69) is 16.8 Å². The molecule has 1 aromatic heterocycles. The van der Waals surface area contributed by atoms with Gasteiger partial charge >= 0.3 is 0 Å². The van der Waals surface area contributed by atoms with Crippen LogP contribution in [0.4, 0.5) is 0 Å². The smallest absolute Gasteiger partial charge is 0.236 e. The molecule has 6 heteroatoms. The van der Waals surface area contributed by atoms with Crippen molar-refractivity contribution in [3.8, 4) is 16.9 Å². The van der Waals surface area contributed by atoms with E-state index in [1.54, 1.807) is 25.4 Å². The highest BCUT2D eigenvalue weighted by atomic mass is 35.5. The fourth-order valence-corrected chi connectivity index (χ4v) is 2.58. The number of carbonyl (C=O) groups excluding carboxylic acids is 1. The lowest BCUT2D eigenvalue weighted by Gasteiger charge is -2.05. The van der Waals surface area contributed by atoms with Crippen molar-refractivity contribution in [2.45, 2.75) is 19.5 Å². The van der Waals surface area contributed by atoms with Gasteiger partial charge in [-0.15, -0.1) is 23.7 Å². The van der Waals surface area contributed by atoms with Crippen molar-refractivity contribution in [1.82, 2.24) is 5.32 Å². The molecule has 4 nitrogen and oxygen atoms in total. The van der Waals surface area contributed by atoms with E-state index in [-0.39, 0.29) is 18.3 Å². The van der Waals surface area contributed by atoms with Gasteiger partial charge in [0.25, 0.3) is 0 Å². The molecule has 2 aromatic rings. The molecule has 0 spiro atoms. The first kappa shape index (κ1) is 17.5. The van der Waals surface area contributed by atoms with E-state index in [0.717, 1.165) is 21.8 Å². The van der Waals surface area contributed by atoms with E-state index in [1.165, 1.54) is 0 Å². The van der Waals surface area contributed by atoms with E-state index in [1.807, 2.05) is 24.3 Å². The molecule has 0 radical (unpaired) electrons. The summed E-state index contributed by atoms with van der Waals surface area (Å²) >= 11 is 1.62. The number of nitrogens with one attached hydrogen (secondary N) is 1. The van der Waals surface area contributed by atoms with E-state index >= 15 is 0 Å². The second-order valence-corrected chi connectivity index (χ2v) is 5.53. The van der Waals surface area contributed by atoms with E-state index < -0.39 is 6.04 Å². The molecule has 2 rings (SSSR count). The third-order valence-corrected chi connectivity index (χ3v) is 3.86. The standard InChI is InChI=1S/C15H18N2O2S.ClH/c1-10(16)15(18)17-8-14-7-12(9-20-14)11-3-5-13(19-2)6-4-11;/h3-7,9-10H,8,16H2,1-2H3,(H,17,18);1H/t10-;/m0./s1. The normalized spacial score (nSPS) is 11.4. The summed E-state index contributed by atoms with van der Waals surface area (Å²) in [6.45, 7) is 2.19. The van der Waals surface area contributed by atoms with Gasteiger partial charge in [0.2, 0.25) is 5.91 Å². The Hall–Kier alpha value is -1.56. The minimum absolute atomic E-state index is 0. The molecule has 0 bridgehead atoms. The Morgan fingerprint density at radius 3 is 2.57 bits per heavy atom. The maximum atomic E-state index is 11.4. The average Bonchev–Trinajstić information content (AvgIpc) is 2.93. The molecule has 0 unspecified atom stereocenters. The molecule has 114 valence electrons. The molecule has 21 heavy (non-hydrogen) atoms. The minimum Gasteiger partial charge on any atom is -0.497 e. The summed E-state index contributed by atoms with van der Waals surface area (Å²) in [6, 6.07) is 9.51. The Morgan fingerprint density at radius 2 is 2.00 bits per heavy atom. The van der Waals surface area contributed by atoms with Gasteiger partial charge in [-0.1, -0.05) is 12.1 Å². The predicted molar refractivity (Wildman–Crippen MR) is 89.1 cm³/mol. The third-order valence-electron chi connectivity index (χ3n) is 2.93. The Labute approximate surface area is 134 Å². The molecule has 1 heterocycles. The van der Waals surface area contributed by atoms with Gasteiger partial charge in [0, 0.05) is 4.88 Å². The molecule has 0 fully saturated rings. The number of carbonyl (C=O) groups is 1. The van der Waals surface area contributed by atoms with Crippen LogP contribution in [0.25, 0.3) is 11.1 Å². The van der Waals surface area contributed by atoms with Crippen molar-refractivity contribution in [2.75, 3.05) is 7.11 Å². The number of halogens is 1. The second kappa shape index (κ2) is 8.02. The van der Waals surface area contributed by atoms with E-state index in [4.69, 9.17) is 10.5 Å². The van der Waals surface area contributed by atoms with Crippen LogP contribution in [0.15, 0.2) is 35.7 Å². The number of thiophene rings is 1. The quantitative estimate of drug-likeness (QED) is 0.888. The maximum absolute atomic E-state index is 11.4. The molecule has 0 aliphatic heterocycles. The average molecular weight is 327 g/mol. The van der Waals surface area contributed by atoms with Gasteiger partial charge in [-0.25, -0.2) is 0 Å². The van der Waals surface area contributed by atoms with Crippen molar-refractivity contribution in [2.24, 2.45) is 5.73 Å². The van der Waals surface area contributed by atoms with Crippen molar-refractivity contribution in [1.29, 1.82) is 0 Å². The lowest BCUT2D eigenvalue weighted by molar-refractivity contribution is -0.122. The number of amides is 1. The van der Waals surface area contributed by atoms with Crippen LogP contribution in [0, 0.1) is 0 Å². The van der Waals surface area contributed by atoms with Crippen LogP contribution in [-0.2, 0) is 11.3 Å². The van der Waals surface area contributed by atoms with Gasteiger partial charge in [0.05, 0.1) is 19.7 Å². The van der Waals surface area contributed by atoms with Crippen LogP contribution in [0.5, 0.6) is 5.75 Å². The Balaban J connectivity index is 0.00000220. The zero-order valence-electron chi connectivity index (χ0n) is 12.0. The van der Waals surface area contributed by atoms with E-state index in [0.29, 0.717) is 6.54 Å². The summed E-state index contributed by atoms with van der Waals surface area (Å²) in [5.74, 6) is 0.706. The largest absolute Gasteiger partial charge is 0.497 e. The molecular weight excluding hydrogens is 308 g/mol. The second-order valence-electron chi connectivity index (χ2n) is 4.54. The lowest BCUT2D eigenvalue weighted by atomic mass is 10.1. The number of methoxy groups -OCH3 is 1. The highest BCUT2D eigenvalue weighted by Gasteiger charge is 2.08. The predicted octanol–water partition coefficient (Wildman–Crippen LogP) is 2.81. The van der Waals surface area contributed by atoms with Gasteiger partial charge in [-0.05, 0) is 41.6 Å². The topological polar surface area (TPSA) is 64.3 Å². The van der Waals surface area contributed by atoms with Crippen LogP contribution < -0.4 is 15.8 Å². The third kappa shape index (κ3) is 4.74. The summed E-state index contributed by atoms with van der Waals surface area (Å²) in [5.41, 5.74) is 7.78. The summed E-state index contributed by atoms with van der Waals surface area (Å²) in [6.07, 6.45) is 0. The first-order valence-corrected chi connectivity index (χ1v) is 7.23. The van der Waals surface area contributed by atoms with Gasteiger partial charge in [0.15, 0.2) is 0 Å². The Morgan fingerprint density at radius 1 is 1.33 bits per heavy atom. The van der Waals surface area contributed by atoms with Crippen LogP contribution in [0.3, 0.4) is 0 Å². The van der Waals surface area contributed by atoms with Crippen molar-refractivity contribution < 1.29 is 9.53 Å². The minimum atomic E-state index is -0.476. The van der Waals surface area contributed by atoms with Crippen LogP contribution >= 0.6 is 23.7 Å². The van der Waals surface area contributed by atoms with Gasteiger partial charge in [-0.3, -0.25) is 4.79 Å². The molecule has 0 saturated heterocycles. The molecule has 0 aliphatic carbocycles. The number of rotatable bonds is 5. The molecule has 0 saturated carbocycles. The Kier molecular flexibility index (Phi) is 6.68. The highest BCUT2D eigenvalue weighted by Crippen LogP contribution is 2.27. The summed E-state index contributed by atoms with van der Waals surface area (Å²) in [7, 11) is 1.65. The molecule has 1 amide bonds. The molecule has 0 aliphatic rings.